The van der Waals surface area contributed by atoms with E-state index in [1.165, 1.54) is 13.8 Å². The molecule has 0 radical (unpaired) electrons. The van der Waals surface area contributed by atoms with Crippen LogP contribution < -0.4 is 5.32 Å². The van der Waals surface area contributed by atoms with Crippen LogP contribution in [0.2, 0.25) is 0 Å². The highest BCUT2D eigenvalue weighted by molar-refractivity contribution is 5.83. The van der Waals surface area contributed by atoms with Gasteiger partial charge in [-0.2, -0.15) is 0 Å². The Morgan fingerprint density at radius 1 is 1.62 bits per heavy atom. The second-order valence-corrected chi connectivity index (χ2v) is 2.81. The number of hydrogen-bond acceptors (Lipinski definition) is 3. The zero-order chi connectivity index (χ0) is 13.1. The van der Waals surface area contributed by atoms with Gasteiger partial charge in [-0.15, -0.1) is 0 Å². The van der Waals surface area contributed by atoms with Crippen LogP contribution in [0.1, 0.15) is 31.3 Å². The predicted molar refractivity (Wildman–Crippen MR) is 49.1 cm³/mol. The molecule has 0 bridgehead atoms. The van der Waals surface area contributed by atoms with Crippen molar-refractivity contribution in [2.45, 2.75) is 33.2 Å². The van der Waals surface area contributed by atoms with E-state index >= 15 is 0 Å². The molecular formula is C9H17NO3. The molecule has 0 aliphatic heterocycles. The Balaban J connectivity index is 5.23. The molecule has 0 saturated heterocycles. The van der Waals surface area contributed by atoms with Crippen molar-refractivity contribution in [1.29, 1.82) is 0 Å². The first kappa shape index (κ1) is 7.35. The van der Waals surface area contributed by atoms with E-state index in [0.717, 1.165) is 14.0 Å². The topological polar surface area (TPSA) is 55.4 Å². The monoisotopic (exact) mass is 191 g/mol. The Morgan fingerprint density at radius 3 is 2.46 bits per heavy atom. The molecule has 4 heteroatoms. The Bertz CT molecular complexity index is 290. The molecule has 13 heavy (non-hydrogen) atoms. The summed E-state index contributed by atoms with van der Waals surface area (Å²) in [5.74, 6) is -3.05. The average molecular weight is 191 g/mol. The van der Waals surface area contributed by atoms with Crippen LogP contribution in [0.15, 0.2) is 0 Å². The number of rotatable bonds is 4. The van der Waals surface area contributed by atoms with Crippen molar-refractivity contribution in [3.05, 3.63) is 0 Å². The summed E-state index contributed by atoms with van der Waals surface area (Å²) < 4.78 is 27.5. The molecule has 0 rings (SSSR count). The van der Waals surface area contributed by atoms with E-state index in [2.05, 4.69) is 10.1 Å². The molecule has 2 unspecified atom stereocenters. The van der Waals surface area contributed by atoms with Crippen LogP contribution in [-0.2, 0) is 14.3 Å². The van der Waals surface area contributed by atoms with Crippen molar-refractivity contribution in [3.63, 3.8) is 0 Å². The maximum absolute atomic E-state index is 11.4. The first-order chi connectivity index (χ1) is 7.05. The highest BCUT2D eigenvalue weighted by Gasteiger charge is 2.20. The van der Waals surface area contributed by atoms with Crippen molar-refractivity contribution in [2.75, 3.05) is 7.11 Å². The minimum atomic E-state index is -2.26. The van der Waals surface area contributed by atoms with Gasteiger partial charge in [0, 0.05) is 9.67 Å². The fraction of sp³-hybridized carbons (Fsp3) is 0.778. The molecule has 0 aliphatic carbocycles. The third-order valence-corrected chi connectivity index (χ3v) is 1.15. The number of nitrogens with one attached hydrogen (secondary N) is 1. The van der Waals surface area contributed by atoms with Crippen LogP contribution in [0.3, 0.4) is 0 Å². The number of esters is 1. The van der Waals surface area contributed by atoms with Crippen molar-refractivity contribution < 1.29 is 18.4 Å². The highest BCUT2D eigenvalue weighted by atomic mass is 16.6. The van der Waals surface area contributed by atoms with Crippen LogP contribution in [-0.4, -0.2) is 25.0 Å². The van der Waals surface area contributed by atoms with Gasteiger partial charge in [0.1, 0.15) is 6.02 Å². The number of amides is 1. The maximum Gasteiger partial charge on any atom is 0.328 e. The summed E-state index contributed by atoms with van der Waals surface area (Å²) in [7, 11) is 1.07. The summed E-state index contributed by atoms with van der Waals surface area (Å²) in [6.07, 6.45) is -1.46. The summed E-state index contributed by atoms with van der Waals surface area (Å²) >= 11 is 0. The number of methoxy groups -OCH3 is 1. The van der Waals surface area contributed by atoms with Crippen LogP contribution >= 0.6 is 0 Å². The lowest BCUT2D eigenvalue weighted by molar-refractivity contribution is -0.145. The lowest BCUT2D eigenvalue weighted by Gasteiger charge is -2.16. The van der Waals surface area contributed by atoms with Gasteiger partial charge in [0.15, 0.2) is 0 Å². The van der Waals surface area contributed by atoms with Crippen molar-refractivity contribution in [1.82, 2.24) is 5.32 Å². The molecule has 0 aromatic heterocycles. The van der Waals surface area contributed by atoms with Gasteiger partial charge in [-0.1, -0.05) is 13.8 Å². The van der Waals surface area contributed by atoms with Crippen molar-refractivity contribution in [2.24, 2.45) is 5.89 Å². The van der Waals surface area contributed by atoms with Crippen LogP contribution in [0.4, 0.5) is 0 Å². The predicted octanol–water partition coefficient (Wildman–Crippen LogP) is 0.710. The molecule has 0 saturated carbocycles. The van der Waals surface area contributed by atoms with Gasteiger partial charge in [-0.3, -0.25) is 4.79 Å². The standard InChI is InChI=1S/C9H17NO3/c1-6(2)5-8(9(12)13-4)10-7(3)11/h6,8H,5H2,1-4H3,(H,10,11)/i5D,6D,8D,9+1. The summed E-state index contributed by atoms with van der Waals surface area (Å²) in [5.41, 5.74) is 0. The molecule has 0 fully saturated rings. The third-order valence-electron chi connectivity index (χ3n) is 1.15. The van der Waals surface area contributed by atoms with Gasteiger partial charge in [0.25, 0.3) is 0 Å². The van der Waals surface area contributed by atoms with E-state index in [-0.39, 0.29) is 0 Å². The molecule has 0 aromatic carbocycles. The van der Waals surface area contributed by atoms with Crippen LogP contribution in [0.25, 0.3) is 0 Å². The Morgan fingerprint density at radius 2 is 2.15 bits per heavy atom. The molecule has 0 aliphatic rings. The number of carbonyl (C=O) groups is 2. The SMILES string of the molecule is [2H]C(C([2H])(C)C)C([2H])(NC(C)=O)[13C](=O)OC. The second kappa shape index (κ2) is 5.56. The Hall–Kier alpha value is -1.06. The molecule has 1 N–H and O–H groups in total. The van der Waals surface area contributed by atoms with Crippen LogP contribution in [0.5, 0.6) is 0 Å². The highest BCUT2D eigenvalue weighted by Crippen LogP contribution is 2.05. The minimum absolute atomic E-state index is 0.623. The molecule has 2 atom stereocenters. The smallest absolute Gasteiger partial charge is 0.328 e. The van der Waals surface area contributed by atoms with Gasteiger partial charge < -0.3 is 10.1 Å². The van der Waals surface area contributed by atoms with Gasteiger partial charge in [-0.25, -0.2) is 4.79 Å². The van der Waals surface area contributed by atoms with E-state index in [1.807, 2.05) is 0 Å². The van der Waals surface area contributed by atoms with E-state index in [1.54, 1.807) is 0 Å². The van der Waals surface area contributed by atoms with E-state index in [0.29, 0.717) is 0 Å². The molecule has 1 amide bonds. The quantitative estimate of drug-likeness (QED) is 0.526. The zero-order valence-corrected chi connectivity index (χ0v) is 8.30. The van der Waals surface area contributed by atoms with E-state index < -0.39 is 30.2 Å². The normalized spacial score (nSPS) is 21.4. The second-order valence-electron chi connectivity index (χ2n) is 2.81. The van der Waals surface area contributed by atoms with E-state index in [4.69, 9.17) is 4.11 Å². The minimum Gasteiger partial charge on any atom is -0.467 e. The van der Waals surface area contributed by atoms with Gasteiger partial charge >= 0.3 is 5.97 Å². The molecule has 76 valence electrons. The first-order valence-electron chi connectivity index (χ1n) is 5.43. The largest absolute Gasteiger partial charge is 0.467 e. The molecule has 0 spiro atoms. The first-order valence-corrected chi connectivity index (χ1v) is 3.85. The molecule has 4 nitrogen and oxygen atoms in total. The van der Waals surface area contributed by atoms with Gasteiger partial charge in [-0.05, 0) is 12.3 Å². The fourth-order valence-electron chi connectivity index (χ4n) is 0.734. The average Bonchev–Trinajstić information content (AvgIpc) is 2.12. The lowest BCUT2D eigenvalue weighted by atomic mass is 10.1. The summed E-state index contributed by atoms with van der Waals surface area (Å²) in [4.78, 5) is 22.4. The van der Waals surface area contributed by atoms with Crippen molar-refractivity contribution >= 4 is 11.9 Å². The Labute approximate surface area is 82.9 Å². The van der Waals surface area contributed by atoms with E-state index in [9.17, 15) is 9.59 Å². The zero-order valence-electron chi connectivity index (χ0n) is 11.3. The fourth-order valence-corrected chi connectivity index (χ4v) is 0.734. The summed E-state index contributed by atoms with van der Waals surface area (Å²) in [6.45, 7) is 3.91. The van der Waals surface area contributed by atoms with Gasteiger partial charge in [0.2, 0.25) is 5.91 Å². The summed E-state index contributed by atoms with van der Waals surface area (Å²) in [5, 5.41) is 2.06. The number of ether oxygens (including phenoxy) is 1. The summed E-state index contributed by atoms with van der Waals surface area (Å²) in [6, 6.07) is -2.26. The number of hydrogen-bond donors (Lipinski definition) is 1. The lowest BCUT2D eigenvalue weighted by Crippen LogP contribution is -2.41. The molecule has 0 heterocycles. The number of carbonyl (C=O) groups excluding carboxylic acids is 2. The maximum atomic E-state index is 11.4. The van der Waals surface area contributed by atoms with Crippen molar-refractivity contribution in [3.8, 4) is 0 Å². The molecule has 0 aromatic rings. The molecular weight excluding hydrogens is 171 g/mol. The Kier molecular flexibility index (Phi) is 3.15. The van der Waals surface area contributed by atoms with Crippen LogP contribution in [0, 0.1) is 5.89 Å². The van der Waals surface area contributed by atoms with Gasteiger partial charge in [0.05, 0.1) is 8.48 Å². The third kappa shape index (κ3) is 5.22.